The zero-order valence-corrected chi connectivity index (χ0v) is 6.38. The molecule has 1 aliphatic heterocycles. The van der Waals surface area contributed by atoms with E-state index >= 15 is 0 Å². The quantitative estimate of drug-likeness (QED) is 0.584. The average Bonchev–Trinajstić information content (AvgIpc) is 2.03. The molecule has 0 N–H and O–H groups in total. The lowest BCUT2D eigenvalue weighted by Gasteiger charge is -2.22. The van der Waals surface area contributed by atoms with Gasteiger partial charge in [0.05, 0.1) is 13.2 Å². The van der Waals surface area contributed by atoms with Crippen molar-refractivity contribution in [2.45, 2.75) is 26.2 Å². The molecular formula is C7H14NO2. The van der Waals surface area contributed by atoms with Crippen LogP contribution in [0.15, 0.2) is 0 Å². The van der Waals surface area contributed by atoms with Crippen molar-refractivity contribution < 1.29 is 9.47 Å². The fraction of sp³-hybridized carbons (Fsp3) is 1.00. The molecule has 0 spiro atoms. The monoisotopic (exact) mass is 144 g/mol. The second-order valence-corrected chi connectivity index (χ2v) is 2.31. The minimum absolute atomic E-state index is 0.270. The van der Waals surface area contributed by atoms with Gasteiger partial charge in [-0.2, -0.15) is 5.32 Å². The Labute approximate surface area is 61.7 Å². The highest BCUT2D eigenvalue weighted by atomic mass is 16.7. The highest BCUT2D eigenvalue weighted by molar-refractivity contribution is 4.48. The van der Waals surface area contributed by atoms with Crippen LogP contribution in [0.25, 0.3) is 0 Å². The topological polar surface area (TPSA) is 32.6 Å². The first-order valence-corrected chi connectivity index (χ1v) is 3.83. The largest absolute Gasteiger partial charge is 0.339 e. The van der Waals surface area contributed by atoms with Crippen LogP contribution in [0.3, 0.4) is 0 Å². The molecule has 0 atom stereocenters. The van der Waals surface area contributed by atoms with Crippen molar-refractivity contribution in [1.29, 1.82) is 0 Å². The lowest BCUT2D eigenvalue weighted by Crippen LogP contribution is -2.33. The van der Waals surface area contributed by atoms with E-state index in [0.717, 1.165) is 32.6 Å². The molecule has 0 aromatic heterocycles. The Morgan fingerprint density at radius 1 is 1.40 bits per heavy atom. The summed E-state index contributed by atoms with van der Waals surface area (Å²) in [4.78, 5) is 0. The zero-order chi connectivity index (χ0) is 7.23. The van der Waals surface area contributed by atoms with Crippen LogP contribution in [0.5, 0.6) is 0 Å². The summed E-state index contributed by atoms with van der Waals surface area (Å²) in [6.07, 6.45) is 1.79. The fourth-order valence-electron chi connectivity index (χ4n) is 0.815. The van der Waals surface area contributed by atoms with Gasteiger partial charge in [-0.1, -0.05) is 6.92 Å². The first-order valence-electron chi connectivity index (χ1n) is 3.83. The summed E-state index contributed by atoms with van der Waals surface area (Å²) < 4.78 is 10.4. The molecule has 1 heterocycles. The van der Waals surface area contributed by atoms with Gasteiger partial charge in [0, 0.05) is 6.54 Å². The molecule has 1 rings (SSSR count). The van der Waals surface area contributed by atoms with Crippen LogP contribution in [0, 0.1) is 0 Å². The minimum atomic E-state index is -0.270. The molecule has 1 aliphatic rings. The molecule has 1 fully saturated rings. The molecule has 0 saturated carbocycles. The maximum absolute atomic E-state index is 5.19. The number of hydrogen-bond acceptors (Lipinski definition) is 2. The normalized spacial score (nSPS) is 21.3. The highest BCUT2D eigenvalue weighted by Crippen LogP contribution is 2.02. The van der Waals surface area contributed by atoms with E-state index in [0.29, 0.717) is 0 Å². The summed E-state index contributed by atoms with van der Waals surface area (Å²) in [6, 6.07) is 0. The van der Waals surface area contributed by atoms with Gasteiger partial charge >= 0.3 is 0 Å². The summed E-state index contributed by atoms with van der Waals surface area (Å²) in [5.74, 6) is 0. The van der Waals surface area contributed by atoms with E-state index in [-0.39, 0.29) is 6.41 Å². The fourth-order valence-corrected chi connectivity index (χ4v) is 0.815. The van der Waals surface area contributed by atoms with Gasteiger partial charge in [0.1, 0.15) is 0 Å². The Morgan fingerprint density at radius 3 is 2.70 bits per heavy atom. The molecule has 10 heavy (non-hydrogen) atoms. The molecule has 0 unspecified atom stereocenters. The van der Waals surface area contributed by atoms with Crippen LogP contribution in [0.1, 0.15) is 19.8 Å². The predicted octanol–water partition coefficient (Wildman–Crippen LogP) is 0.721. The Hall–Kier alpha value is -0.120. The predicted molar refractivity (Wildman–Crippen MR) is 37.6 cm³/mol. The summed E-state index contributed by atoms with van der Waals surface area (Å²) in [6.45, 7) is 4.51. The van der Waals surface area contributed by atoms with Crippen molar-refractivity contribution in [3.05, 3.63) is 0 Å². The zero-order valence-electron chi connectivity index (χ0n) is 6.38. The van der Waals surface area contributed by atoms with Crippen LogP contribution >= 0.6 is 0 Å². The van der Waals surface area contributed by atoms with E-state index in [4.69, 9.17) is 9.47 Å². The van der Waals surface area contributed by atoms with E-state index in [9.17, 15) is 0 Å². The van der Waals surface area contributed by atoms with Crippen molar-refractivity contribution in [2.75, 3.05) is 19.8 Å². The maximum atomic E-state index is 5.19. The SMILES string of the molecule is CCC[N]C1OCCCO1. The van der Waals surface area contributed by atoms with Gasteiger partial charge in [0.2, 0.25) is 6.41 Å². The van der Waals surface area contributed by atoms with E-state index in [1.807, 2.05) is 0 Å². The number of hydrogen-bond donors (Lipinski definition) is 0. The first-order chi connectivity index (χ1) is 4.93. The lowest BCUT2D eigenvalue weighted by molar-refractivity contribution is -0.196. The molecule has 0 aromatic carbocycles. The van der Waals surface area contributed by atoms with Gasteiger partial charge in [-0.05, 0) is 12.8 Å². The van der Waals surface area contributed by atoms with Crippen LogP contribution in [0.4, 0.5) is 0 Å². The van der Waals surface area contributed by atoms with Crippen molar-refractivity contribution in [3.63, 3.8) is 0 Å². The van der Waals surface area contributed by atoms with Gasteiger partial charge in [-0.25, -0.2) is 0 Å². The molecule has 1 saturated heterocycles. The average molecular weight is 144 g/mol. The lowest BCUT2D eigenvalue weighted by atomic mass is 10.4. The van der Waals surface area contributed by atoms with Gasteiger partial charge < -0.3 is 9.47 Å². The van der Waals surface area contributed by atoms with E-state index < -0.39 is 0 Å². The molecule has 0 bridgehead atoms. The third-order valence-corrected chi connectivity index (χ3v) is 1.31. The Morgan fingerprint density at radius 2 is 2.10 bits per heavy atom. The number of nitrogens with zero attached hydrogens (tertiary/aromatic N) is 1. The van der Waals surface area contributed by atoms with Crippen molar-refractivity contribution >= 4 is 0 Å². The summed E-state index contributed by atoms with van der Waals surface area (Å²) >= 11 is 0. The third kappa shape index (κ3) is 2.64. The van der Waals surface area contributed by atoms with Gasteiger partial charge in [-0.3, -0.25) is 0 Å². The molecule has 3 nitrogen and oxygen atoms in total. The van der Waals surface area contributed by atoms with Crippen molar-refractivity contribution in [2.24, 2.45) is 0 Å². The minimum Gasteiger partial charge on any atom is -0.339 e. The number of ether oxygens (including phenoxy) is 2. The molecule has 0 aromatic rings. The van der Waals surface area contributed by atoms with Crippen LogP contribution in [-0.4, -0.2) is 26.2 Å². The molecule has 0 aliphatic carbocycles. The van der Waals surface area contributed by atoms with E-state index in [1.54, 1.807) is 0 Å². The third-order valence-electron chi connectivity index (χ3n) is 1.31. The number of rotatable bonds is 3. The maximum Gasteiger partial charge on any atom is 0.231 e. The smallest absolute Gasteiger partial charge is 0.231 e. The van der Waals surface area contributed by atoms with Crippen LogP contribution in [0.2, 0.25) is 0 Å². The first kappa shape index (κ1) is 7.98. The van der Waals surface area contributed by atoms with Crippen LogP contribution in [-0.2, 0) is 9.47 Å². The van der Waals surface area contributed by atoms with E-state index in [1.165, 1.54) is 0 Å². The Bertz CT molecular complexity index is 81.7. The van der Waals surface area contributed by atoms with Crippen molar-refractivity contribution in [3.8, 4) is 0 Å². The summed E-state index contributed by atoms with van der Waals surface area (Å²) in [7, 11) is 0. The molecular weight excluding hydrogens is 130 g/mol. The summed E-state index contributed by atoms with van der Waals surface area (Å²) in [5.41, 5.74) is 0. The molecule has 1 radical (unpaired) electrons. The standard InChI is InChI=1S/C7H14NO2/c1-2-4-8-7-9-5-3-6-10-7/h7H,2-6H2,1H3. The van der Waals surface area contributed by atoms with Crippen molar-refractivity contribution in [1.82, 2.24) is 5.32 Å². The molecule has 59 valence electrons. The van der Waals surface area contributed by atoms with E-state index in [2.05, 4.69) is 12.2 Å². The molecule has 0 amide bonds. The summed E-state index contributed by atoms with van der Waals surface area (Å²) in [5, 5.41) is 4.16. The van der Waals surface area contributed by atoms with Gasteiger partial charge in [0.25, 0.3) is 0 Å². The Balaban J connectivity index is 2.02. The van der Waals surface area contributed by atoms with Crippen LogP contribution < -0.4 is 5.32 Å². The second kappa shape index (κ2) is 4.66. The second-order valence-electron chi connectivity index (χ2n) is 2.31. The molecule has 3 heteroatoms. The van der Waals surface area contributed by atoms with Gasteiger partial charge in [-0.15, -0.1) is 0 Å². The highest BCUT2D eigenvalue weighted by Gasteiger charge is 2.12. The Kier molecular flexibility index (Phi) is 3.72. The van der Waals surface area contributed by atoms with Gasteiger partial charge in [0.15, 0.2) is 0 Å².